The van der Waals surface area contributed by atoms with Gasteiger partial charge in [0.25, 0.3) is 0 Å². The molecule has 20 heavy (non-hydrogen) atoms. The minimum atomic E-state index is 0.205. The zero-order valence-electron chi connectivity index (χ0n) is 12.5. The molecule has 2 aromatic carbocycles. The highest BCUT2D eigenvalue weighted by Crippen LogP contribution is 2.26. The third-order valence-electron chi connectivity index (χ3n) is 3.50. The Morgan fingerprint density at radius 1 is 0.950 bits per heavy atom. The van der Waals surface area contributed by atoms with Crippen molar-refractivity contribution in [2.75, 3.05) is 13.7 Å². The normalized spacial score (nSPS) is 12.4. The summed E-state index contributed by atoms with van der Waals surface area (Å²) in [6, 6.07) is 18.9. The average Bonchev–Trinajstić information content (AvgIpc) is 2.49. The van der Waals surface area contributed by atoms with Crippen molar-refractivity contribution in [1.82, 2.24) is 5.32 Å². The van der Waals surface area contributed by atoms with Crippen LogP contribution in [-0.2, 0) is 0 Å². The Bertz CT molecular complexity index is 522. The largest absolute Gasteiger partial charge is 0.491 e. The molecule has 0 fully saturated rings. The monoisotopic (exact) mass is 269 g/mol. The summed E-state index contributed by atoms with van der Waals surface area (Å²) < 4.78 is 6.04. The van der Waals surface area contributed by atoms with Crippen molar-refractivity contribution in [3.8, 4) is 5.75 Å². The van der Waals surface area contributed by atoms with E-state index in [9.17, 15) is 0 Å². The lowest BCUT2D eigenvalue weighted by atomic mass is 10.0. The van der Waals surface area contributed by atoms with Gasteiger partial charge in [0.05, 0.1) is 6.04 Å². The number of benzene rings is 2. The molecule has 0 spiro atoms. The highest BCUT2D eigenvalue weighted by molar-refractivity contribution is 5.35. The van der Waals surface area contributed by atoms with E-state index in [-0.39, 0.29) is 6.04 Å². The van der Waals surface area contributed by atoms with Crippen LogP contribution in [0, 0.1) is 0 Å². The van der Waals surface area contributed by atoms with E-state index in [0.29, 0.717) is 12.5 Å². The number of hydrogen-bond donors (Lipinski definition) is 1. The maximum atomic E-state index is 6.04. The van der Waals surface area contributed by atoms with E-state index in [1.807, 2.05) is 25.2 Å². The standard InChI is InChI=1S/C18H23NO/c1-14(2)16-11-7-8-12-18(16)20-13-17(19-3)15-9-5-4-6-10-15/h4-12,14,17,19H,13H2,1-3H3. The minimum absolute atomic E-state index is 0.205. The topological polar surface area (TPSA) is 21.3 Å². The molecule has 0 saturated carbocycles. The Morgan fingerprint density at radius 2 is 1.60 bits per heavy atom. The summed E-state index contributed by atoms with van der Waals surface area (Å²) in [5, 5.41) is 3.31. The predicted octanol–water partition coefficient (Wildman–Crippen LogP) is 4.15. The van der Waals surface area contributed by atoms with E-state index in [1.165, 1.54) is 11.1 Å². The SMILES string of the molecule is CNC(COc1ccccc1C(C)C)c1ccccc1. The lowest BCUT2D eigenvalue weighted by Crippen LogP contribution is -2.23. The van der Waals surface area contributed by atoms with Gasteiger partial charge in [-0.2, -0.15) is 0 Å². The average molecular weight is 269 g/mol. The molecular formula is C18H23NO. The quantitative estimate of drug-likeness (QED) is 0.850. The molecule has 2 nitrogen and oxygen atoms in total. The molecule has 2 aromatic rings. The summed E-state index contributed by atoms with van der Waals surface area (Å²) >= 11 is 0. The summed E-state index contributed by atoms with van der Waals surface area (Å²) in [4.78, 5) is 0. The first-order chi connectivity index (χ1) is 9.72. The van der Waals surface area contributed by atoms with Crippen molar-refractivity contribution in [3.05, 3.63) is 65.7 Å². The van der Waals surface area contributed by atoms with Crippen LogP contribution in [-0.4, -0.2) is 13.7 Å². The molecule has 0 aliphatic heterocycles. The molecule has 1 unspecified atom stereocenters. The molecule has 0 aromatic heterocycles. The summed E-state index contributed by atoms with van der Waals surface area (Å²) in [5.41, 5.74) is 2.51. The maximum absolute atomic E-state index is 6.04. The summed E-state index contributed by atoms with van der Waals surface area (Å²) in [6.45, 7) is 5.01. The molecule has 0 amide bonds. The molecule has 0 saturated heterocycles. The Morgan fingerprint density at radius 3 is 2.25 bits per heavy atom. The number of nitrogens with one attached hydrogen (secondary N) is 1. The van der Waals surface area contributed by atoms with Crippen molar-refractivity contribution in [1.29, 1.82) is 0 Å². The molecule has 106 valence electrons. The summed E-state index contributed by atoms with van der Waals surface area (Å²) in [6.07, 6.45) is 0. The van der Waals surface area contributed by atoms with E-state index in [2.05, 4.69) is 55.6 Å². The first-order valence-electron chi connectivity index (χ1n) is 7.16. The van der Waals surface area contributed by atoms with Crippen molar-refractivity contribution >= 4 is 0 Å². The fraction of sp³-hybridized carbons (Fsp3) is 0.333. The molecule has 0 radical (unpaired) electrons. The first kappa shape index (κ1) is 14.6. The van der Waals surface area contributed by atoms with Gasteiger partial charge in [0.15, 0.2) is 0 Å². The molecule has 2 rings (SSSR count). The van der Waals surface area contributed by atoms with Crippen LogP contribution >= 0.6 is 0 Å². The van der Waals surface area contributed by atoms with Gasteiger partial charge in [-0.05, 0) is 30.2 Å². The predicted molar refractivity (Wildman–Crippen MR) is 84.3 cm³/mol. The molecule has 0 heterocycles. The minimum Gasteiger partial charge on any atom is -0.491 e. The smallest absolute Gasteiger partial charge is 0.122 e. The van der Waals surface area contributed by atoms with Gasteiger partial charge in [-0.1, -0.05) is 62.4 Å². The second-order valence-electron chi connectivity index (χ2n) is 5.26. The molecule has 1 atom stereocenters. The molecule has 0 aliphatic rings. The molecular weight excluding hydrogens is 246 g/mol. The molecule has 1 N–H and O–H groups in total. The number of para-hydroxylation sites is 1. The van der Waals surface area contributed by atoms with E-state index in [0.717, 1.165) is 5.75 Å². The van der Waals surface area contributed by atoms with Gasteiger partial charge in [-0.3, -0.25) is 0 Å². The fourth-order valence-corrected chi connectivity index (χ4v) is 2.29. The highest BCUT2D eigenvalue weighted by atomic mass is 16.5. The van der Waals surface area contributed by atoms with E-state index in [1.54, 1.807) is 0 Å². The highest BCUT2D eigenvalue weighted by Gasteiger charge is 2.12. The number of likely N-dealkylation sites (N-methyl/N-ethyl adjacent to an activating group) is 1. The van der Waals surface area contributed by atoms with Crippen molar-refractivity contribution < 1.29 is 4.74 Å². The second-order valence-corrected chi connectivity index (χ2v) is 5.26. The van der Waals surface area contributed by atoms with Gasteiger partial charge in [0, 0.05) is 0 Å². The Hall–Kier alpha value is -1.80. The van der Waals surface area contributed by atoms with Crippen molar-refractivity contribution in [3.63, 3.8) is 0 Å². The van der Waals surface area contributed by atoms with Gasteiger partial charge in [0.1, 0.15) is 12.4 Å². The van der Waals surface area contributed by atoms with Crippen LogP contribution in [0.25, 0.3) is 0 Å². The molecule has 0 bridgehead atoms. The summed E-state index contributed by atoms with van der Waals surface area (Å²) in [7, 11) is 1.97. The van der Waals surface area contributed by atoms with Crippen molar-refractivity contribution in [2.45, 2.75) is 25.8 Å². The van der Waals surface area contributed by atoms with Gasteiger partial charge in [0.2, 0.25) is 0 Å². The lowest BCUT2D eigenvalue weighted by Gasteiger charge is -2.20. The Kier molecular flexibility index (Phi) is 5.19. The zero-order valence-corrected chi connectivity index (χ0v) is 12.5. The Balaban J connectivity index is 2.08. The van der Waals surface area contributed by atoms with Crippen LogP contribution in [0.15, 0.2) is 54.6 Å². The Labute approximate surface area is 121 Å². The number of hydrogen-bond acceptors (Lipinski definition) is 2. The van der Waals surface area contributed by atoms with Gasteiger partial charge >= 0.3 is 0 Å². The van der Waals surface area contributed by atoms with E-state index < -0.39 is 0 Å². The van der Waals surface area contributed by atoms with Gasteiger partial charge in [-0.25, -0.2) is 0 Å². The van der Waals surface area contributed by atoms with Crippen LogP contribution in [0.3, 0.4) is 0 Å². The van der Waals surface area contributed by atoms with Crippen LogP contribution < -0.4 is 10.1 Å². The third kappa shape index (κ3) is 3.61. The first-order valence-corrected chi connectivity index (χ1v) is 7.16. The van der Waals surface area contributed by atoms with Crippen LogP contribution in [0.5, 0.6) is 5.75 Å². The zero-order chi connectivity index (χ0) is 14.4. The molecule has 0 aliphatic carbocycles. The van der Waals surface area contributed by atoms with Crippen molar-refractivity contribution in [2.24, 2.45) is 0 Å². The second kappa shape index (κ2) is 7.11. The van der Waals surface area contributed by atoms with Crippen LogP contribution in [0.4, 0.5) is 0 Å². The molecule has 2 heteroatoms. The van der Waals surface area contributed by atoms with E-state index in [4.69, 9.17) is 4.74 Å². The maximum Gasteiger partial charge on any atom is 0.122 e. The third-order valence-corrected chi connectivity index (χ3v) is 3.50. The van der Waals surface area contributed by atoms with Crippen LogP contribution in [0.2, 0.25) is 0 Å². The number of ether oxygens (including phenoxy) is 1. The van der Waals surface area contributed by atoms with E-state index >= 15 is 0 Å². The van der Waals surface area contributed by atoms with Gasteiger partial charge < -0.3 is 10.1 Å². The summed E-state index contributed by atoms with van der Waals surface area (Å²) in [5.74, 6) is 1.45. The van der Waals surface area contributed by atoms with Gasteiger partial charge in [-0.15, -0.1) is 0 Å². The van der Waals surface area contributed by atoms with Crippen LogP contribution in [0.1, 0.15) is 36.9 Å². The lowest BCUT2D eigenvalue weighted by molar-refractivity contribution is 0.270. The fourth-order valence-electron chi connectivity index (χ4n) is 2.29. The number of rotatable bonds is 6.